The predicted molar refractivity (Wildman–Crippen MR) is 104 cm³/mol. The number of hydrogen-bond donors (Lipinski definition) is 8. The Kier molecular flexibility index (Phi) is 8.54. The van der Waals surface area contributed by atoms with Crippen molar-refractivity contribution < 1.29 is 59.8 Å². The average molecular weight is 462 g/mol. The van der Waals surface area contributed by atoms with Gasteiger partial charge in [-0.25, -0.2) is 0 Å². The van der Waals surface area contributed by atoms with Gasteiger partial charge in [-0.05, 0) is 5.56 Å². The number of aliphatic hydroxyl groups excluding tert-OH is 8. The van der Waals surface area contributed by atoms with Crippen LogP contribution in [0, 0.1) is 0 Å². The summed E-state index contributed by atoms with van der Waals surface area (Å²) in [6.45, 7) is -2.44. The van der Waals surface area contributed by atoms with Crippen LogP contribution in [0.2, 0.25) is 0 Å². The highest BCUT2D eigenvalue weighted by Gasteiger charge is 2.56. The second-order valence-electron chi connectivity index (χ2n) is 7.90. The number of benzene rings is 1. The number of rotatable bonds is 8. The summed E-state index contributed by atoms with van der Waals surface area (Å²) in [6, 6.07) is 8.99. The van der Waals surface area contributed by atoms with E-state index in [2.05, 4.69) is 0 Å². The molecule has 0 bridgehead atoms. The van der Waals surface area contributed by atoms with Gasteiger partial charge in [-0.15, -0.1) is 0 Å². The van der Waals surface area contributed by atoms with E-state index in [0.29, 0.717) is 0 Å². The number of aliphatic hydroxyl groups is 8. The quantitative estimate of drug-likeness (QED) is 0.188. The first-order valence-electron chi connectivity index (χ1n) is 10.1. The SMILES string of the molecule is OC[C@H]1O[C@@H](OCc2ccccc2)[C@H](O)[C@@H](O)[C@@H]1O[C@@H]1OC(CO)(CO)[C@H](O)[C@H](O)[C@H]1O. The molecule has 0 aromatic heterocycles. The van der Waals surface area contributed by atoms with Crippen molar-refractivity contribution in [2.75, 3.05) is 19.8 Å². The fraction of sp³-hybridized carbons (Fsp3) is 0.700. The zero-order valence-electron chi connectivity index (χ0n) is 17.1. The predicted octanol–water partition coefficient (Wildman–Crippen LogP) is -3.81. The lowest BCUT2D eigenvalue weighted by Crippen LogP contribution is -2.69. The van der Waals surface area contributed by atoms with Gasteiger partial charge in [-0.3, -0.25) is 0 Å². The maximum atomic E-state index is 10.6. The Labute approximate surface area is 183 Å². The largest absolute Gasteiger partial charge is 0.394 e. The third kappa shape index (κ3) is 4.97. The summed E-state index contributed by atoms with van der Waals surface area (Å²) >= 11 is 0. The molecule has 2 aliphatic heterocycles. The first-order chi connectivity index (χ1) is 15.3. The van der Waals surface area contributed by atoms with E-state index >= 15 is 0 Å². The van der Waals surface area contributed by atoms with Gasteiger partial charge in [0.05, 0.1) is 26.4 Å². The Morgan fingerprint density at radius 3 is 2.03 bits per heavy atom. The summed E-state index contributed by atoms with van der Waals surface area (Å²) in [4.78, 5) is 0. The molecule has 0 unspecified atom stereocenters. The highest BCUT2D eigenvalue weighted by atomic mass is 16.7. The first kappa shape index (κ1) is 25.4. The Morgan fingerprint density at radius 1 is 0.812 bits per heavy atom. The minimum Gasteiger partial charge on any atom is -0.394 e. The van der Waals surface area contributed by atoms with Crippen molar-refractivity contribution in [2.24, 2.45) is 0 Å². The summed E-state index contributed by atoms with van der Waals surface area (Å²) in [5.74, 6) is 0. The van der Waals surface area contributed by atoms with Crippen LogP contribution >= 0.6 is 0 Å². The van der Waals surface area contributed by atoms with Gasteiger partial charge in [0, 0.05) is 0 Å². The van der Waals surface area contributed by atoms with E-state index < -0.39 is 80.7 Å². The Balaban J connectivity index is 1.71. The molecule has 2 saturated heterocycles. The van der Waals surface area contributed by atoms with Crippen LogP contribution in [0.1, 0.15) is 5.56 Å². The van der Waals surface area contributed by atoms with Crippen LogP contribution in [0.4, 0.5) is 0 Å². The van der Waals surface area contributed by atoms with Crippen molar-refractivity contribution in [3.8, 4) is 0 Å². The van der Waals surface area contributed by atoms with Gasteiger partial charge in [-0.2, -0.15) is 0 Å². The van der Waals surface area contributed by atoms with E-state index in [-0.39, 0.29) is 6.61 Å². The van der Waals surface area contributed by atoms with E-state index in [0.717, 1.165) is 5.56 Å². The molecule has 0 radical (unpaired) electrons. The lowest BCUT2D eigenvalue weighted by molar-refractivity contribution is -0.381. The molecule has 0 saturated carbocycles. The highest BCUT2D eigenvalue weighted by Crippen LogP contribution is 2.33. The first-order valence-corrected chi connectivity index (χ1v) is 10.1. The van der Waals surface area contributed by atoms with Crippen molar-refractivity contribution >= 4 is 0 Å². The normalized spacial score (nSPS) is 39.7. The molecule has 1 aromatic carbocycles. The maximum Gasteiger partial charge on any atom is 0.187 e. The van der Waals surface area contributed by atoms with Crippen LogP contribution in [0.5, 0.6) is 0 Å². The minimum atomic E-state index is -2.06. The third-order valence-electron chi connectivity index (χ3n) is 5.75. The molecule has 2 fully saturated rings. The van der Waals surface area contributed by atoms with Gasteiger partial charge in [0.15, 0.2) is 12.6 Å². The van der Waals surface area contributed by atoms with Crippen molar-refractivity contribution in [3.05, 3.63) is 35.9 Å². The van der Waals surface area contributed by atoms with Crippen molar-refractivity contribution in [2.45, 2.75) is 67.5 Å². The maximum absolute atomic E-state index is 10.6. The van der Waals surface area contributed by atoms with Gasteiger partial charge in [0.2, 0.25) is 0 Å². The molecule has 0 amide bonds. The average Bonchev–Trinajstić information content (AvgIpc) is 2.82. The smallest absolute Gasteiger partial charge is 0.187 e. The molecule has 9 atom stereocenters. The molecule has 12 nitrogen and oxygen atoms in total. The van der Waals surface area contributed by atoms with E-state index in [4.69, 9.17) is 18.9 Å². The summed E-state index contributed by atoms with van der Waals surface area (Å²) in [6.07, 6.45) is -14.6. The molecular weight excluding hydrogens is 432 g/mol. The van der Waals surface area contributed by atoms with Crippen molar-refractivity contribution in [3.63, 3.8) is 0 Å². The molecule has 1 aromatic rings. The van der Waals surface area contributed by atoms with Crippen LogP contribution in [-0.4, -0.2) is 122 Å². The van der Waals surface area contributed by atoms with Crippen molar-refractivity contribution in [1.29, 1.82) is 0 Å². The Hall–Kier alpha value is -1.26. The molecule has 12 heteroatoms. The zero-order valence-corrected chi connectivity index (χ0v) is 17.1. The zero-order chi connectivity index (χ0) is 23.5. The molecule has 0 spiro atoms. The van der Waals surface area contributed by atoms with E-state index in [9.17, 15) is 40.9 Å². The highest BCUT2D eigenvalue weighted by molar-refractivity contribution is 5.13. The van der Waals surface area contributed by atoms with Gasteiger partial charge < -0.3 is 59.8 Å². The molecule has 0 aliphatic carbocycles. The molecule has 2 heterocycles. The summed E-state index contributed by atoms with van der Waals surface area (Å²) in [5.41, 5.74) is -1.27. The van der Waals surface area contributed by atoms with E-state index in [1.165, 1.54) is 0 Å². The lowest BCUT2D eigenvalue weighted by atomic mass is 9.87. The van der Waals surface area contributed by atoms with E-state index in [1.807, 2.05) is 6.07 Å². The van der Waals surface area contributed by atoms with Gasteiger partial charge in [0.1, 0.15) is 48.3 Å². The fourth-order valence-electron chi connectivity index (χ4n) is 3.72. The summed E-state index contributed by atoms with van der Waals surface area (Å²) < 4.78 is 21.9. The molecule has 2 aliphatic rings. The summed E-state index contributed by atoms with van der Waals surface area (Å²) in [5, 5.41) is 80.3. The second kappa shape index (κ2) is 10.8. The topological polar surface area (TPSA) is 199 Å². The minimum absolute atomic E-state index is 0.0585. The standard InChI is InChI=1S/C20H30O12/c21-6-11-16(31-19-15(27)13(25)17(28)20(8-22,9-23)32-19)12(24)14(26)18(30-11)29-7-10-4-2-1-3-5-10/h1-5,11-19,21-28H,6-9H2/t11-,12-,13-,14-,15-,16-,17-,18-,19-/m1/s1. The van der Waals surface area contributed by atoms with E-state index in [1.54, 1.807) is 24.3 Å². The number of ether oxygens (including phenoxy) is 4. The van der Waals surface area contributed by atoms with Crippen LogP contribution in [0.25, 0.3) is 0 Å². The fourth-order valence-corrected chi connectivity index (χ4v) is 3.72. The van der Waals surface area contributed by atoms with Gasteiger partial charge >= 0.3 is 0 Å². The monoisotopic (exact) mass is 462 g/mol. The molecule has 8 N–H and O–H groups in total. The summed E-state index contributed by atoms with van der Waals surface area (Å²) in [7, 11) is 0. The molecule has 3 rings (SSSR count). The van der Waals surface area contributed by atoms with Crippen LogP contribution in [-0.2, 0) is 25.6 Å². The Bertz CT molecular complexity index is 699. The van der Waals surface area contributed by atoms with Gasteiger partial charge in [0.25, 0.3) is 0 Å². The third-order valence-corrected chi connectivity index (χ3v) is 5.75. The Morgan fingerprint density at radius 2 is 1.44 bits per heavy atom. The molecule has 32 heavy (non-hydrogen) atoms. The second-order valence-corrected chi connectivity index (χ2v) is 7.90. The molecular formula is C20H30O12. The van der Waals surface area contributed by atoms with Crippen LogP contribution < -0.4 is 0 Å². The number of hydrogen-bond acceptors (Lipinski definition) is 12. The van der Waals surface area contributed by atoms with Crippen molar-refractivity contribution in [1.82, 2.24) is 0 Å². The van der Waals surface area contributed by atoms with Crippen LogP contribution in [0.15, 0.2) is 30.3 Å². The van der Waals surface area contributed by atoms with Crippen LogP contribution in [0.3, 0.4) is 0 Å². The lowest BCUT2D eigenvalue weighted by Gasteiger charge is -2.49. The molecule has 182 valence electrons. The van der Waals surface area contributed by atoms with Gasteiger partial charge in [-0.1, -0.05) is 30.3 Å².